The number of anilines is 1. The summed E-state index contributed by atoms with van der Waals surface area (Å²) in [6.07, 6.45) is 0. The third-order valence-electron chi connectivity index (χ3n) is 5.56. The van der Waals surface area contributed by atoms with Crippen molar-refractivity contribution in [3.63, 3.8) is 0 Å². The summed E-state index contributed by atoms with van der Waals surface area (Å²) in [5.74, 6) is 0.0266. The largest absolute Gasteiger partial charge is 0.337 e. The van der Waals surface area contributed by atoms with Crippen LogP contribution in [0.5, 0.6) is 0 Å². The van der Waals surface area contributed by atoms with Crippen molar-refractivity contribution in [1.29, 1.82) is 0 Å². The molecule has 32 heavy (non-hydrogen) atoms. The van der Waals surface area contributed by atoms with Crippen molar-refractivity contribution in [2.45, 2.75) is 6.92 Å². The molecule has 4 rings (SSSR count). The molecule has 3 amide bonds. The lowest BCUT2D eigenvalue weighted by Gasteiger charge is -2.34. The van der Waals surface area contributed by atoms with E-state index in [0.717, 1.165) is 41.9 Å². The molecule has 2 aromatic carbocycles. The van der Waals surface area contributed by atoms with Crippen molar-refractivity contribution in [2.24, 2.45) is 0 Å². The van der Waals surface area contributed by atoms with Crippen LogP contribution in [0.1, 0.15) is 16.1 Å². The van der Waals surface area contributed by atoms with Crippen molar-refractivity contribution in [2.75, 3.05) is 44.6 Å². The molecule has 166 valence electrons. The fourth-order valence-corrected chi connectivity index (χ4v) is 3.98. The first kappa shape index (κ1) is 22.0. The van der Waals surface area contributed by atoms with Gasteiger partial charge in [0.25, 0.3) is 5.91 Å². The van der Waals surface area contributed by atoms with Gasteiger partial charge in [0.2, 0.25) is 0 Å². The molecular weight excluding hydrogens is 426 g/mol. The number of benzene rings is 2. The monoisotopic (exact) mass is 451 g/mol. The summed E-state index contributed by atoms with van der Waals surface area (Å²) in [7, 11) is 0. The molecule has 1 saturated heterocycles. The van der Waals surface area contributed by atoms with Crippen LogP contribution in [0.25, 0.3) is 10.9 Å². The van der Waals surface area contributed by atoms with Crippen molar-refractivity contribution < 1.29 is 9.59 Å². The molecule has 1 aliphatic heterocycles. The first-order chi connectivity index (χ1) is 15.5. The second-order valence-electron chi connectivity index (χ2n) is 7.85. The minimum absolute atomic E-state index is 0.0266. The van der Waals surface area contributed by atoms with Gasteiger partial charge in [-0.3, -0.25) is 14.7 Å². The number of fused-ring (bicyclic) bond motifs is 1. The quantitative estimate of drug-likeness (QED) is 0.619. The van der Waals surface area contributed by atoms with Crippen LogP contribution in [0, 0.1) is 6.92 Å². The average Bonchev–Trinajstić information content (AvgIpc) is 2.79. The maximum absolute atomic E-state index is 12.6. The Morgan fingerprint density at radius 1 is 1.03 bits per heavy atom. The number of hydrogen-bond donors (Lipinski definition) is 2. The molecule has 1 aliphatic rings. The maximum atomic E-state index is 12.6. The number of piperazine rings is 1. The molecule has 0 bridgehead atoms. The summed E-state index contributed by atoms with van der Waals surface area (Å²) in [6, 6.07) is 16.4. The molecule has 0 saturated carbocycles. The molecule has 0 unspecified atom stereocenters. The van der Waals surface area contributed by atoms with Crippen LogP contribution in [-0.2, 0) is 0 Å². The number of carbonyl (C=O) groups is 2. The Labute approximate surface area is 192 Å². The number of amides is 3. The van der Waals surface area contributed by atoms with Gasteiger partial charge in [0.15, 0.2) is 0 Å². The van der Waals surface area contributed by atoms with Gasteiger partial charge in [0.05, 0.1) is 11.2 Å². The van der Waals surface area contributed by atoms with Crippen LogP contribution in [0.15, 0.2) is 54.6 Å². The van der Waals surface area contributed by atoms with Crippen molar-refractivity contribution in [3.05, 3.63) is 70.9 Å². The van der Waals surface area contributed by atoms with E-state index >= 15 is 0 Å². The first-order valence-electron chi connectivity index (χ1n) is 10.7. The number of hydrogen-bond acceptors (Lipinski definition) is 4. The molecule has 1 fully saturated rings. The Hall–Kier alpha value is -3.16. The van der Waals surface area contributed by atoms with E-state index < -0.39 is 0 Å². The van der Waals surface area contributed by atoms with E-state index in [2.05, 4.69) is 20.5 Å². The number of carbonyl (C=O) groups excluding carboxylic acids is 2. The Morgan fingerprint density at radius 2 is 1.75 bits per heavy atom. The zero-order valence-corrected chi connectivity index (χ0v) is 18.7. The molecule has 0 aliphatic carbocycles. The summed E-state index contributed by atoms with van der Waals surface area (Å²) < 4.78 is 0. The van der Waals surface area contributed by atoms with Crippen LogP contribution >= 0.6 is 11.6 Å². The highest BCUT2D eigenvalue weighted by atomic mass is 35.5. The van der Waals surface area contributed by atoms with Crippen LogP contribution in [0.3, 0.4) is 0 Å². The molecule has 8 heteroatoms. The Balaban J connectivity index is 1.22. The highest BCUT2D eigenvalue weighted by Crippen LogP contribution is 2.22. The fraction of sp³-hybridized carbons (Fsp3) is 0.292. The Morgan fingerprint density at radius 3 is 2.50 bits per heavy atom. The molecule has 1 aromatic heterocycles. The summed E-state index contributed by atoms with van der Waals surface area (Å²) in [4.78, 5) is 33.6. The van der Waals surface area contributed by atoms with Gasteiger partial charge in [-0.15, -0.1) is 0 Å². The Bertz CT molecular complexity index is 1110. The fourth-order valence-electron chi connectivity index (χ4n) is 3.85. The van der Waals surface area contributed by atoms with Crippen molar-refractivity contribution in [1.82, 2.24) is 20.1 Å². The topological polar surface area (TPSA) is 77.6 Å². The second kappa shape index (κ2) is 9.97. The Kier molecular flexibility index (Phi) is 6.87. The molecule has 0 radical (unpaired) electrons. The van der Waals surface area contributed by atoms with Gasteiger partial charge >= 0.3 is 6.03 Å². The zero-order valence-electron chi connectivity index (χ0n) is 18.0. The van der Waals surface area contributed by atoms with Gasteiger partial charge in [-0.25, -0.2) is 4.79 Å². The number of rotatable bonds is 5. The van der Waals surface area contributed by atoms with E-state index in [4.69, 9.17) is 11.6 Å². The van der Waals surface area contributed by atoms with Gasteiger partial charge in [-0.2, -0.15) is 0 Å². The number of urea groups is 1. The number of nitrogens with zero attached hydrogens (tertiary/aromatic N) is 3. The van der Waals surface area contributed by atoms with Crippen LogP contribution in [-0.4, -0.2) is 66.0 Å². The lowest BCUT2D eigenvalue weighted by atomic mass is 10.1. The van der Waals surface area contributed by atoms with E-state index in [1.165, 1.54) is 0 Å². The minimum atomic E-state index is -0.239. The van der Waals surface area contributed by atoms with Crippen molar-refractivity contribution in [3.8, 4) is 0 Å². The number of halogens is 1. The molecular formula is C24H26ClN5O2. The number of nitrogens with one attached hydrogen (secondary N) is 2. The molecule has 3 aromatic rings. The smallest absolute Gasteiger partial charge is 0.319 e. The summed E-state index contributed by atoms with van der Waals surface area (Å²) in [6.45, 7) is 6.04. The van der Waals surface area contributed by atoms with E-state index in [1.807, 2.05) is 42.2 Å². The molecule has 7 nitrogen and oxygen atoms in total. The third kappa shape index (κ3) is 5.36. The normalized spacial score (nSPS) is 14.4. The number of aromatic nitrogens is 1. The van der Waals surface area contributed by atoms with Crippen LogP contribution < -0.4 is 10.6 Å². The SMILES string of the molecule is Cc1cc(NC(=O)NCCN2CCN(C(=O)c3ccc(Cl)cc3)CC2)c2ccccc2n1. The van der Waals surface area contributed by atoms with Crippen LogP contribution in [0.2, 0.25) is 5.02 Å². The molecule has 2 heterocycles. The standard InChI is InChI=1S/C24H26ClN5O2/c1-17-16-22(20-4-2-3-5-21(20)27-17)28-24(32)26-10-11-29-12-14-30(15-13-29)23(31)18-6-8-19(25)9-7-18/h2-9,16H,10-15H2,1H3,(H2,26,27,28,32). The van der Waals surface area contributed by atoms with E-state index in [0.29, 0.717) is 30.2 Å². The molecule has 2 N–H and O–H groups in total. The first-order valence-corrected chi connectivity index (χ1v) is 11.1. The van der Waals surface area contributed by atoms with Crippen LogP contribution in [0.4, 0.5) is 10.5 Å². The van der Waals surface area contributed by atoms with Gasteiger partial charge < -0.3 is 15.5 Å². The van der Waals surface area contributed by atoms with Gasteiger partial charge in [-0.1, -0.05) is 29.8 Å². The average molecular weight is 452 g/mol. The number of para-hydroxylation sites is 1. The van der Waals surface area contributed by atoms with Crippen molar-refractivity contribution >= 4 is 40.1 Å². The summed E-state index contributed by atoms with van der Waals surface area (Å²) in [5.41, 5.74) is 3.11. The minimum Gasteiger partial charge on any atom is -0.337 e. The number of aryl methyl sites for hydroxylation is 1. The highest BCUT2D eigenvalue weighted by molar-refractivity contribution is 6.30. The maximum Gasteiger partial charge on any atom is 0.319 e. The third-order valence-corrected chi connectivity index (χ3v) is 5.81. The van der Waals surface area contributed by atoms with Gasteiger partial charge in [-0.05, 0) is 43.3 Å². The zero-order chi connectivity index (χ0) is 22.5. The molecule has 0 atom stereocenters. The summed E-state index contributed by atoms with van der Waals surface area (Å²) in [5, 5.41) is 7.39. The van der Waals surface area contributed by atoms with E-state index in [1.54, 1.807) is 24.3 Å². The predicted molar refractivity (Wildman–Crippen MR) is 127 cm³/mol. The predicted octanol–water partition coefficient (Wildman–Crippen LogP) is 3.78. The van der Waals surface area contributed by atoms with E-state index in [9.17, 15) is 9.59 Å². The van der Waals surface area contributed by atoms with Gasteiger partial charge in [0.1, 0.15) is 0 Å². The number of pyridine rings is 1. The van der Waals surface area contributed by atoms with Gasteiger partial charge in [0, 0.05) is 60.9 Å². The molecule has 0 spiro atoms. The highest BCUT2D eigenvalue weighted by Gasteiger charge is 2.22. The van der Waals surface area contributed by atoms with E-state index in [-0.39, 0.29) is 11.9 Å². The lowest BCUT2D eigenvalue weighted by molar-refractivity contribution is 0.0639. The second-order valence-corrected chi connectivity index (χ2v) is 8.29. The lowest BCUT2D eigenvalue weighted by Crippen LogP contribution is -2.50. The summed E-state index contributed by atoms with van der Waals surface area (Å²) >= 11 is 5.90.